The number of benzene rings is 1. The third kappa shape index (κ3) is 7.79. The Morgan fingerprint density at radius 2 is 1.88 bits per heavy atom. The molecule has 0 spiro atoms. The SMILES string of the molecule is CCN(CC)C(=O)COc1ccc(/C(C)=N\NC(=S)NCCOC)cc1. The van der Waals surface area contributed by atoms with Gasteiger partial charge in [0.05, 0.1) is 12.3 Å². The number of rotatable bonds is 10. The maximum absolute atomic E-state index is 11.9. The molecule has 7 nitrogen and oxygen atoms in total. The number of ether oxygens (including phenoxy) is 2. The van der Waals surface area contributed by atoms with Gasteiger partial charge in [-0.3, -0.25) is 10.2 Å². The maximum Gasteiger partial charge on any atom is 0.260 e. The summed E-state index contributed by atoms with van der Waals surface area (Å²) in [5.41, 5.74) is 4.51. The summed E-state index contributed by atoms with van der Waals surface area (Å²) in [5, 5.41) is 7.66. The van der Waals surface area contributed by atoms with Gasteiger partial charge in [-0.25, -0.2) is 0 Å². The molecule has 1 amide bonds. The highest BCUT2D eigenvalue weighted by molar-refractivity contribution is 7.80. The molecule has 0 radical (unpaired) electrons. The molecule has 2 N–H and O–H groups in total. The van der Waals surface area contributed by atoms with Crippen molar-refractivity contribution >= 4 is 28.9 Å². The molecule has 0 unspecified atom stereocenters. The van der Waals surface area contributed by atoms with E-state index in [9.17, 15) is 4.79 Å². The number of carbonyl (C=O) groups is 1. The highest BCUT2D eigenvalue weighted by Crippen LogP contribution is 2.13. The smallest absolute Gasteiger partial charge is 0.260 e. The predicted molar refractivity (Wildman–Crippen MR) is 108 cm³/mol. The molecular formula is C18H28N4O3S. The zero-order valence-corrected chi connectivity index (χ0v) is 16.7. The van der Waals surface area contributed by atoms with Crippen LogP contribution in [0.3, 0.4) is 0 Å². The van der Waals surface area contributed by atoms with Crippen molar-refractivity contribution in [1.29, 1.82) is 0 Å². The molecular weight excluding hydrogens is 352 g/mol. The Morgan fingerprint density at radius 1 is 1.23 bits per heavy atom. The summed E-state index contributed by atoms with van der Waals surface area (Å²) in [6.07, 6.45) is 0. The molecule has 1 rings (SSSR count). The van der Waals surface area contributed by atoms with Gasteiger partial charge in [-0.2, -0.15) is 5.10 Å². The van der Waals surface area contributed by atoms with Gasteiger partial charge in [0.15, 0.2) is 11.7 Å². The summed E-state index contributed by atoms with van der Waals surface area (Å²) in [7, 11) is 1.63. The van der Waals surface area contributed by atoms with Crippen LogP contribution in [0.5, 0.6) is 5.75 Å². The normalized spacial score (nSPS) is 11.0. The predicted octanol–water partition coefficient (Wildman–Crippen LogP) is 1.77. The second kappa shape index (κ2) is 12.2. The molecule has 0 bridgehead atoms. The van der Waals surface area contributed by atoms with Crippen molar-refractivity contribution in [3.05, 3.63) is 29.8 Å². The molecule has 26 heavy (non-hydrogen) atoms. The Bertz CT molecular complexity index is 601. The first-order valence-corrected chi connectivity index (χ1v) is 9.00. The molecule has 0 saturated carbocycles. The molecule has 0 aliphatic carbocycles. The number of methoxy groups -OCH3 is 1. The Kier molecular flexibility index (Phi) is 10.3. The van der Waals surface area contributed by atoms with Crippen LogP contribution in [-0.2, 0) is 9.53 Å². The molecule has 1 aromatic rings. The number of carbonyl (C=O) groups excluding carboxylic acids is 1. The van der Waals surface area contributed by atoms with E-state index in [1.165, 1.54) is 0 Å². The fourth-order valence-corrected chi connectivity index (χ4v) is 2.26. The van der Waals surface area contributed by atoms with E-state index in [2.05, 4.69) is 15.8 Å². The van der Waals surface area contributed by atoms with Crippen molar-refractivity contribution in [3.63, 3.8) is 0 Å². The van der Waals surface area contributed by atoms with E-state index in [1.807, 2.05) is 45.0 Å². The second-order valence-corrected chi connectivity index (χ2v) is 5.85. The fraction of sp³-hybridized carbons (Fsp3) is 0.500. The first-order chi connectivity index (χ1) is 12.5. The average molecular weight is 381 g/mol. The number of amides is 1. The van der Waals surface area contributed by atoms with E-state index in [0.717, 1.165) is 11.3 Å². The largest absolute Gasteiger partial charge is 0.484 e. The van der Waals surface area contributed by atoms with E-state index in [-0.39, 0.29) is 12.5 Å². The average Bonchev–Trinajstić information content (AvgIpc) is 2.66. The summed E-state index contributed by atoms with van der Waals surface area (Å²) in [6.45, 7) is 8.38. The Hall–Kier alpha value is -2.19. The topological polar surface area (TPSA) is 75.2 Å². The van der Waals surface area contributed by atoms with Gasteiger partial charge in [-0.05, 0) is 62.8 Å². The van der Waals surface area contributed by atoms with Gasteiger partial charge in [-0.1, -0.05) is 0 Å². The van der Waals surface area contributed by atoms with E-state index in [0.29, 0.717) is 37.1 Å². The lowest BCUT2D eigenvalue weighted by atomic mass is 10.1. The van der Waals surface area contributed by atoms with Crippen LogP contribution in [0.2, 0.25) is 0 Å². The molecule has 0 aliphatic rings. The van der Waals surface area contributed by atoms with E-state index >= 15 is 0 Å². The van der Waals surface area contributed by atoms with E-state index in [1.54, 1.807) is 12.0 Å². The Morgan fingerprint density at radius 3 is 2.46 bits per heavy atom. The standard InChI is InChI=1S/C18H28N4O3S/c1-5-22(6-2)17(23)13-25-16-9-7-15(8-10-16)14(3)20-21-18(26)19-11-12-24-4/h7-10H,5-6,11-13H2,1-4H3,(H2,19,21,26)/b20-14-. The van der Waals surface area contributed by atoms with Gasteiger partial charge in [0, 0.05) is 26.7 Å². The number of nitrogens with zero attached hydrogens (tertiary/aromatic N) is 2. The quantitative estimate of drug-likeness (QED) is 0.279. The summed E-state index contributed by atoms with van der Waals surface area (Å²) >= 11 is 5.12. The third-order valence-corrected chi connectivity index (χ3v) is 3.90. The van der Waals surface area contributed by atoms with Crippen LogP contribution in [-0.4, -0.2) is 61.6 Å². The van der Waals surface area contributed by atoms with Crippen molar-refractivity contribution in [2.24, 2.45) is 5.10 Å². The molecule has 0 atom stereocenters. The zero-order valence-electron chi connectivity index (χ0n) is 15.9. The number of likely N-dealkylation sites (N-methyl/N-ethyl adjacent to an activating group) is 1. The number of nitrogens with one attached hydrogen (secondary N) is 2. The van der Waals surface area contributed by atoms with Crippen molar-refractivity contribution in [1.82, 2.24) is 15.6 Å². The Labute approximate surface area is 160 Å². The zero-order chi connectivity index (χ0) is 19.4. The number of hydrogen-bond acceptors (Lipinski definition) is 5. The maximum atomic E-state index is 11.9. The van der Waals surface area contributed by atoms with Crippen LogP contribution < -0.4 is 15.5 Å². The number of thiocarbonyl (C=S) groups is 1. The third-order valence-electron chi connectivity index (χ3n) is 3.67. The van der Waals surface area contributed by atoms with Crippen LogP contribution in [0.1, 0.15) is 26.3 Å². The van der Waals surface area contributed by atoms with Crippen LogP contribution in [0.4, 0.5) is 0 Å². The summed E-state index contributed by atoms with van der Waals surface area (Å²) in [5.74, 6) is 0.627. The molecule has 0 aliphatic heterocycles. The first kappa shape index (κ1) is 21.9. The van der Waals surface area contributed by atoms with Gasteiger partial charge in [0.2, 0.25) is 0 Å². The summed E-state index contributed by atoms with van der Waals surface area (Å²) < 4.78 is 10.5. The van der Waals surface area contributed by atoms with Crippen molar-refractivity contribution in [2.45, 2.75) is 20.8 Å². The van der Waals surface area contributed by atoms with Crippen LogP contribution in [0.25, 0.3) is 0 Å². The minimum Gasteiger partial charge on any atom is -0.484 e. The fourth-order valence-electron chi connectivity index (χ4n) is 2.11. The molecule has 0 fully saturated rings. The molecule has 144 valence electrons. The monoisotopic (exact) mass is 380 g/mol. The van der Waals surface area contributed by atoms with Crippen molar-refractivity contribution in [2.75, 3.05) is 40.0 Å². The molecule has 0 saturated heterocycles. The van der Waals surface area contributed by atoms with Crippen LogP contribution >= 0.6 is 12.2 Å². The van der Waals surface area contributed by atoms with Gasteiger partial charge in [0.1, 0.15) is 5.75 Å². The lowest BCUT2D eigenvalue weighted by molar-refractivity contribution is -0.132. The first-order valence-electron chi connectivity index (χ1n) is 8.59. The van der Waals surface area contributed by atoms with Crippen molar-refractivity contribution < 1.29 is 14.3 Å². The molecule has 0 aromatic heterocycles. The van der Waals surface area contributed by atoms with Gasteiger partial charge in [-0.15, -0.1) is 0 Å². The number of hydrazone groups is 1. The van der Waals surface area contributed by atoms with Gasteiger partial charge >= 0.3 is 0 Å². The lowest BCUT2D eigenvalue weighted by Crippen LogP contribution is -2.34. The number of hydrogen-bond donors (Lipinski definition) is 2. The summed E-state index contributed by atoms with van der Waals surface area (Å²) in [4.78, 5) is 13.7. The van der Waals surface area contributed by atoms with Gasteiger partial charge < -0.3 is 19.7 Å². The summed E-state index contributed by atoms with van der Waals surface area (Å²) in [6, 6.07) is 7.41. The molecule has 8 heteroatoms. The van der Waals surface area contributed by atoms with E-state index < -0.39 is 0 Å². The molecule has 0 heterocycles. The van der Waals surface area contributed by atoms with Gasteiger partial charge in [0.25, 0.3) is 5.91 Å². The Balaban J connectivity index is 2.51. The van der Waals surface area contributed by atoms with Crippen LogP contribution in [0.15, 0.2) is 29.4 Å². The van der Waals surface area contributed by atoms with E-state index in [4.69, 9.17) is 21.7 Å². The lowest BCUT2D eigenvalue weighted by Gasteiger charge is -2.18. The minimum absolute atomic E-state index is 0.0181. The van der Waals surface area contributed by atoms with Crippen molar-refractivity contribution in [3.8, 4) is 5.75 Å². The molecule has 1 aromatic carbocycles. The minimum atomic E-state index is -0.0181. The second-order valence-electron chi connectivity index (χ2n) is 5.44. The highest BCUT2D eigenvalue weighted by Gasteiger charge is 2.10. The highest BCUT2D eigenvalue weighted by atomic mass is 32.1. The van der Waals surface area contributed by atoms with Crippen LogP contribution in [0, 0.1) is 0 Å².